The van der Waals surface area contributed by atoms with E-state index in [0.29, 0.717) is 5.76 Å². The van der Waals surface area contributed by atoms with Crippen LogP contribution in [-0.4, -0.2) is 47.1 Å². The molecule has 0 aromatic carbocycles. The number of carboxylic acid groups (broad SMARTS) is 1. The third-order valence-electron chi connectivity index (χ3n) is 3.01. The molecule has 6 nitrogen and oxygen atoms in total. The number of amides is 2. The monoisotopic (exact) mass is 300 g/mol. The standard InChI is InChI=1S/C13H20N2O4S/c1-9(6-7-20-3)15(2)13(18)14-8-10-4-5-11(19-10)12(16)17/h4-5,9H,6-8H2,1-3H3,(H,14,18)(H,16,17). The third kappa shape index (κ3) is 4.80. The number of hydrogen-bond donors (Lipinski definition) is 2. The van der Waals surface area contributed by atoms with Gasteiger partial charge in [-0.15, -0.1) is 0 Å². The van der Waals surface area contributed by atoms with Crippen molar-refractivity contribution >= 4 is 23.8 Å². The average Bonchev–Trinajstić information content (AvgIpc) is 2.90. The van der Waals surface area contributed by atoms with Gasteiger partial charge in [-0.3, -0.25) is 0 Å². The van der Waals surface area contributed by atoms with E-state index in [2.05, 4.69) is 5.32 Å². The zero-order chi connectivity index (χ0) is 15.1. The van der Waals surface area contributed by atoms with E-state index < -0.39 is 5.97 Å². The lowest BCUT2D eigenvalue weighted by Gasteiger charge is -2.24. The van der Waals surface area contributed by atoms with Crippen LogP contribution in [0.1, 0.15) is 29.7 Å². The first kappa shape index (κ1) is 16.4. The Morgan fingerprint density at radius 2 is 2.20 bits per heavy atom. The van der Waals surface area contributed by atoms with Gasteiger partial charge in [-0.25, -0.2) is 9.59 Å². The molecule has 1 aromatic heterocycles. The molecule has 0 saturated heterocycles. The quantitative estimate of drug-likeness (QED) is 0.807. The molecule has 0 fully saturated rings. The second-order valence-corrected chi connectivity index (χ2v) is 5.46. The molecule has 0 radical (unpaired) electrons. The van der Waals surface area contributed by atoms with E-state index in [1.165, 1.54) is 6.07 Å². The molecule has 1 heterocycles. The summed E-state index contributed by atoms with van der Waals surface area (Å²) < 4.78 is 5.06. The highest BCUT2D eigenvalue weighted by molar-refractivity contribution is 7.98. The van der Waals surface area contributed by atoms with Crippen LogP contribution in [0.3, 0.4) is 0 Å². The van der Waals surface area contributed by atoms with Gasteiger partial charge in [-0.2, -0.15) is 11.8 Å². The lowest BCUT2D eigenvalue weighted by atomic mass is 10.2. The minimum Gasteiger partial charge on any atom is -0.475 e. The van der Waals surface area contributed by atoms with Gasteiger partial charge in [0.05, 0.1) is 6.54 Å². The molecule has 112 valence electrons. The van der Waals surface area contributed by atoms with Gasteiger partial charge < -0.3 is 19.7 Å². The smallest absolute Gasteiger partial charge is 0.371 e. The summed E-state index contributed by atoms with van der Waals surface area (Å²) in [6, 6.07) is 2.86. The predicted molar refractivity (Wildman–Crippen MR) is 78.1 cm³/mol. The molecule has 1 rings (SSSR count). The number of nitrogens with one attached hydrogen (secondary N) is 1. The number of carbonyl (C=O) groups excluding carboxylic acids is 1. The zero-order valence-electron chi connectivity index (χ0n) is 11.9. The summed E-state index contributed by atoms with van der Waals surface area (Å²) in [6.45, 7) is 2.16. The van der Waals surface area contributed by atoms with E-state index in [1.807, 2.05) is 13.2 Å². The van der Waals surface area contributed by atoms with Crippen LogP contribution in [0, 0.1) is 0 Å². The number of urea groups is 1. The average molecular weight is 300 g/mol. The van der Waals surface area contributed by atoms with E-state index in [4.69, 9.17) is 9.52 Å². The summed E-state index contributed by atoms with van der Waals surface area (Å²) in [6.07, 6.45) is 2.96. The third-order valence-corrected chi connectivity index (χ3v) is 3.65. The summed E-state index contributed by atoms with van der Waals surface area (Å²) in [7, 11) is 1.74. The number of rotatable bonds is 7. The maximum Gasteiger partial charge on any atom is 0.371 e. The van der Waals surface area contributed by atoms with Gasteiger partial charge in [-0.05, 0) is 37.5 Å². The van der Waals surface area contributed by atoms with E-state index in [-0.39, 0.29) is 24.4 Å². The summed E-state index contributed by atoms with van der Waals surface area (Å²) in [5, 5.41) is 11.4. The first-order valence-corrected chi connectivity index (χ1v) is 7.66. The number of furan rings is 1. The molecule has 7 heteroatoms. The number of carbonyl (C=O) groups is 2. The maximum absolute atomic E-state index is 11.9. The van der Waals surface area contributed by atoms with Crippen LogP contribution in [-0.2, 0) is 6.54 Å². The highest BCUT2D eigenvalue weighted by Gasteiger charge is 2.16. The SMILES string of the molecule is CSCCC(C)N(C)C(=O)NCc1ccc(C(=O)O)o1. The minimum atomic E-state index is -1.12. The van der Waals surface area contributed by atoms with Crippen LogP contribution in [0.4, 0.5) is 4.79 Å². The van der Waals surface area contributed by atoms with Crippen molar-refractivity contribution in [2.24, 2.45) is 0 Å². The summed E-state index contributed by atoms with van der Waals surface area (Å²) in [5.74, 6) is 0.168. The fourth-order valence-electron chi connectivity index (χ4n) is 1.56. The van der Waals surface area contributed by atoms with Crippen molar-refractivity contribution in [1.82, 2.24) is 10.2 Å². The van der Waals surface area contributed by atoms with Gasteiger partial charge in [0.25, 0.3) is 0 Å². The Labute approximate surface area is 122 Å². The van der Waals surface area contributed by atoms with Crippen LogP contribution in [0.2, 0.25) is 0 Å². The van der Waals surface area contributed by atoms with Gasteiger partial charge in [0.2, 0.25) is 5.76 Å². The molecule has 0 aliphatic rings. The Hall–Kier alpha value is -1.63. The van der Waals surface area contributed by atoms with Gasteiger partial charge in [0, 0.05) is 13.1 Å². The first-order chi connectivity index (χ1) is 9.45. The highest BCUT2D eigenvalue weighted by Crippen LogP contribution is 2.09. The molecule has 2 N–H and O–H groups in total. The second kappa shape index (κ2) is 7.84. The number of nitrogens with zero attached hydrogens (tertiary/aromatic N) is 1. The molecule has 2 amide bonds. The van der Waals surface area contributed by atoms with Crippen LogP contribution >= 0.6 is 11.8 Å². The predicted octanol–water partition coefficient (Wildman–Crippen LogP) is 2.26. The molecule has 0 aliphatic carbocycles. The topological polar surface area (TPSA) is 82.8 Å². The van der Waals surface area contributed by atoms with Gasteiger partial charge in [0.15, 0.2) is 0 Å². The van der Waals surface area contributed by atoms with Crippen LogP contribution < -0.4 is 5.32 Å². The van der Waals surface area contributed by atoms with Crippen molar-refractivity contribution < 1.29 is 19.1 Å². The number of hydrogen-bond acceptors (Lipinski definition) is 4. The van der Waals surface area contributed by atoms with E-state index >= 15 is 0 Å². The lowest BCUT2D eigenvalue weighted by molar-refractivity contribution is 0.0660. The van der Waals surface area contributed by atoms with Crippen molar-refractivity contribution in [3.05, 3.63) is 23.7 Å². The van der Waals surface area contributed by atoms with Gasteiger partial charge >= 0.3 is 12.0 Å². The molecule has 0 bridgehead atoms. The van der Waals surface area contributed by atoms with Crippen molar-refractivity contribution in [1.29, 1.82) is 0 Å². The Morgan fingerprint density at radius 3 is 2.75 bits per heavy atom. The second-order valence-electron chi connectivity index (χ2n) is 4.47. The Balaban J connectivity index is 2.43. The zero-order valence-corrected chi connectivity index (χ0v) is 12.7. The molecule has 0 spiro atoms. The van der Waals surface area contributed by atoms with E-state index in [0.717, 1.165) is 12.2 Å². The minimum absolute atomic E-state index is 0.129. The Kier molecular flexibility index (Phi) is 6.44. The molecular formula is C13H20N2O4S. The number of thioether (sulfide) groups is 1. The molecule has 0 saturated carbocycles. The van der Waals surface area contributed by atoms with Crippen molar-refractivity contribution in [3.63, 3.8) is 0 Å². The lowest BCUT2D eigenvalue weighted by Crippen LogP contribution is -2.42. The normalized spacial score (nSPS) is 11.9. The van der Waals surface area contributed by atoms with E-state index in [9.17, 15) is 9.59 Å². The fourth-order valence-corrected chi connectivity index (χ4v) is 2.13. The molecule has 1 aromatic rings. The van der Waals surface area contributed by atoms with Crippen molar-refractivity contribution in [2.45, 2.75) is 25.9 Å². The molecule has 1 unspecified atom stereocenters. The molecule has 1 atom stereocenters. The summed E-state index contributed by atoms with van der Waals surface area (Å²) in [4.78, 5) is 24.2. The number of aromatic carboxylic acids is 1. The fraction of sp³-hybridized carbons (Fsp3) is 0.538. The van der Waals surface area contributed by atoms with Gasteiger partial charge in [0.1, 0.15) is 5.76 Å². The first-order valence-electron chi connectivity index (χ1n) is 6.27. The summed E-state index contributed by atoms with van der Waals surface area (Å²) >= 11 is 1.75. The van der Waals surface area contributed by atoms with Crippen LogP contribution in [0.25, 0.3) is 0 Å². The van der Waals surface area contributed by atoms with Crippen LogP contribution in [0.15, 0.2) is 16.5 Å². The molecular weight excluding hydrogens is 280 g/mol. The molecule has 20 heavy (non-hydrogen) atoms. The van der Waals surface area contributed by atoms with Crippen molar-refractivity contribution in [2.75, 3.05) is 19.1 Å². The highest BCUT2D eigenvalue weighted by atomic mass is 32.2. The molecule has 0 aliphatic heterocycles. The Bertz CT molecular complexity index is 461. The number of carboxylic acids is 1. The summed E-state index contributed by atoms with van der Waals surface area (Å²) in [5.41, 5.74) is 0. The van der Waals surface area contributed by atoms with Crippen molar-refractivity contribution in [3.8, 4) is 0 Å². The van der Waals surface area contributed by atoms with Crippen LogP contribution in [0.5, 0.6) is 0 Å². The Morgan fingerprint density at radius 1 is 1.50 bits per heavy atom. The largest absolute Gasteiger partial charge is 0.475 e. The van der Waals surface area contributed by atoms with E-state index in [1.54, 1.807) is 29.8 Å². The van der Waals surface area contributed by atoms with Gasteiger partial charge in [-0.1, -0.05) is 0 Å². The maximum atomic E-state index is 11.9.